The predicted octanol–water partition coefficient (Wildman–Crippen LogP) is 4.21. The highest BCUT2D eigenvalue weighted by Gasteiger charge is 2.33. The third-order valence-electron chi connectivity index (χ3n) is 10.5. The van der Waals surface area contributed by atoms with Crippen molar-refractivity contribution in [2.45, 2.75) is 59.2 Å². The van der Waals surface area contributed by atoms with E-state index in [2.05, 4.69) is 39.4 Å². The molecule has 298 valence electrons. The van der Waals surface area contributed by atoms with Crippen LogP contribution in [0.1, 0.15) is 76.9 Å². The lowest BCUT2D eigenvalue weighted by atomic mass is 9.77. The van der Waals surface area contributed by atoms with Gasteiger partial charge in [0.05, 0.1) is 0 Å². The second kappa shape index (κ2) is 20.9. The average Bonchev–Trinajstić information content (AvgIpc) is 3.22. The number of nitrogens with two attached hydrogens (primary N) is 1. The smallest absolute Gasteiger partial charge is 0.423 e. The Labute approximate surface area is 337 Å². The second-order valence-electron chi connectivity index (χ2n) is 14.2. The van der Waals surface area contributed by atoms with Gasteiger partial charge in [-0.2, -0.15) is 0 Å². The molecule has 2 amide bonds. The van der Waals surface area contributed by atoms with Crippen LogP contribution in [0.5, 0.6) is 0 Å². The van der Waals surface area contributed by atoms with E-state index in [1.54, 1.807) is 42.5 Å². The van der Waals surface area contributed by atoms with Gasteiger partial charge in [-0.3, -0.25) is 24.3 Å². The zero-order valence-electron chi connectivity index (χ0n) is 33.3. The summed E-state index contributed by atoms with van der Waals surface area (Å²) in [5.41, 5.74) is 12.4. The van der Waals surface area contributed by atoms with E-state index < -0.39 is 14.2 Å². The number of anilines is 2. The van der Waals surface area contributed by atoms with Crippen molar-refractivity contribution < 1.29 is 29.7 Å². The Bertz CT molecular complexity index is 2080. The Morgan fingerprint density at radius 1 is 0.614 bits per heavy atom. The fourth-order valence-corrected chi connectivity index (χ4v) is 7.50. The maximum atomic E-state index is 13.7. The predicted molar refractivity (Wildman–Crippen MR) is 231 cm³/mol. The van der Waals surface area contributed by atoms with Crippen molar-refractivity contribution in [2.24, 2.45) is 0 Å². The fraction of sp³-hybridized carbons (Fsp3) is 0.318. The Morgan fingerprint density at radius 3 is 1.74 bits per heavy atom. The molecule has 57 heavy (non-hydrogen) atoms. The molecule has 1 heterocycles. The molecule has 5 aromatic rings. The number of hydrogen-bond acceptors (Lipinski definition) is 10. The van der Waals surface area contributed by atoms with E-state index in [1.807, 2.05) is 57.3 Å². The van der Waals surface area contributed by atoms with Crippen molar-refractivity contribution >= 4 is 59.1 Å². The van der Waals surface area contributed by atoms with Crippen LogP contribution in [0.3, 0.4) is 0 Å². The van der Waals surface area contributed by atoms with Crippen molar-refractivity contribution in [2.75, 3.05) is 44.3 Å². The first-order valence-electron chi connectivity index (χ1n) is 19.9. The maximum absolute atomic E-state index is 13.7. The lowest BCUT2D eigenvalue weighted by Crippen LogP contribution is -2.45. The minimum Gasteiger partial charge on any atom is -0.423 e. The van der Waals surface area contributed by atoms with Gasteiger partial charge in [-0.1, -0.05) is 99.5 Å². The van der Waals surface area contributed by atoms with E-state index >= 15 is 0 Å². The van der Waals surface area contributed by atoms with Crippen LogP contribution in [-0.2, 0) is 19.6 Å². The molecule has 0 radical (unpaired) electrons. The molecule has 0 saturated carbocycles. The SMILES string of the molecule is CC.CNc1ccc(CN(CCCCCCN(CCN2C(=O)c3cccc4c(N)ccc(c34)C2=O)Cc2ccccc2B(O)O)Cc2ccccc2B(O)O)cc1. The molecule has 1 aliphatic heterocycles. The van der Waals surface area contributed by atoms with Crippen molar-refractivity contribution in [3.05, 3.63) is 131 Å². The van der Waals surface area contributed by atoms with Crippen LogP contribution >= 0.6 is 0 Å². The lowest BCUT2D eigenvalue weighted by Gasteiger charge is -2.30. The van der Waals surface area contributed by atoms with Gasteiger partial charge in [0.25, 0.3) is 11.8 Å². The number of rotatable bonds is 19. The first-order chi connectivity index (χ1) is 27.6. The maximum Gasteiger partial charge on any atom is 0.488 e. The highest BCUT2D eigenvalue weighted by atomic mass is 16.4. The van der Waals surface area contributed by atoms with E-state index in [-0.39, 0.29) is 18.4 Å². The zero-order chi connectivity index (χ0) is 40.9. The number of carbonyl (C=O) groups is 2. The van der Waals surface area contributed by atoms with Gasteiger partial charge in [-0.25, -0.2) is 0 Å². The molecule has 13 heteroatoms. The standard InChI is InChI=1S/C42H49B2N5O6.C2H6/c1-46-33-19-17-30(18-20-33)27-48(29-32-12-5-7-16-38(32)44(54)55)24-9-3-2-8-23-47(28-31-11-4-6-15-37(31)43(52)53)25-26-49-41(50)35-14-10-13-34-39(45)22-21-36(40(34)35)42(49)51;1-2/h4-7,10-22,46,52-55H,2-3,8-9,23-29,45H2,1H3;1-2H3. The number of amides is 2. The Hall–Kier alpha value is -5.01. The van der Waals surface area contributed by atoms with Crippen LogP contribution in [0.15, 0.2) is 103 Å². The molecule has 0 aliphatic carbocycles. The van der Waals surface area contributed by atoms with Gasteiger partial charge in [0, 0.05) is 73.0 Å². The van der Waals surface area contributed by atoms with Crippen molar-refractivity contribution in [1.82, 2.24) is 14.7 Å². The van der Waals surface area contributed by atoms with Gasteiger partial charge in [0.1, 0.15) is 0 Å². The summed E-state index contributed by atoms with van der Waals surface area (Å²) < 4.78 is 0. The van der Waals surface area contributed by atoms with Gasteiger partial charge in [0.2, 0.25) is 0 Å². The zero-order valence-corrected chi connectivity index (χ0v) is 33.3. The molecule has 0 fully saturated rings. The molecule has 0 saturated heterocycles. The fourth-order valence-electron chi connectivity index (χ4n) is 7.50. The Kier molecular flexibility index (Phi) is 15.8. The summed E-state index contributed by atoms with van der Waals surface area (Å²) >= 11 is 0. The molecule has 0 atom stereocenters. The third kappa shape index (κ3) is 10.9. The van der Waals surface area contributed by atoms with E-state index in [9.17, 15) is 29.7 Å². The molecule has 11 nitrogen and oxygen atoms in total. The van der Waals surface area contributed by atoms with Crippen LogP contribution in [0.4, 0.5) is 11.4 Å². The molecule has 1 aliphatic rings. The Morgan fingerprint density at radius 2 is 1.16 bits per heavy atom. The number of hydrogen-bond donors (Lipinski definition) is 6. The number of nitrogen functional groups attached to an aromatic ring is 1. The van der Waals surface area contributed by atoms with Crippen LogP contribution in [-0.4, -0.2) is 94.1 Å². The van der Waals surface area contributed by atoms with Gasteiger partial charge in [-0.05, 0) is 83.9 Å². The summed E-state index contributed by atoms with van der Waals surface area (Å²) in [5.74, 6) is -0.697. The number of imide groups is 1. The number of unbranched alkanes of at least 4 members (excludes halogenated alkanes) is 3. The Balaban J connectivity index is 0.00000305. The molecule has 6 rings (SSSR count). The van der Waals surface area contributed by atoms with Gasteiger partial charge >= 0.3 is 14.2 Å². The first-order valence-corrected chi connectivity index (χ1v) is 19.9. The summed E-state index contributed by atoms with van der Waals surface area (Å²) in [6.07, 6.45) is 3.70. The summed E-state index contributed by atoms with van der Waals surface area (Å²) in [6.45, 7) is 7.78. The van der Waals surface area contributed by atoms with E-state index in [0.29, 0.717) is 71.2 Å². The molecule has 0 unspecified atom stereocenters. The third-order valence-corrected chi connectivity index (χ3v) is 10.5. The summed E-state index contributed by atoms with van der Waals surface area (Å²) in [6, 6.07) is 31.7. The summed E-state index contributed by atoms with van der Waals surface area (Å²) in [7, 11) is -1.27. The summed E-state index contributed by atoms with van der Waals surface area (Å²) in [5, 5.41) is 44.6. The topological polar surface area (TPSA) is 163 Å². The van der Waals surface area contributed by atoms with Gasteiger partial charge in [-0.15, -0.1) is 0 Å². The number of carbonyl (C=O) groups excluding carboxylic acids is 2. The van der Waals surface area contributed by atoms with Crippen LogP contribution in [0, 0.1) is 0 Å². The van der Waals surface area contributed by atoms with Gasteiger partial charge < -0.3 is 31.1 Å². The van der Waals surface area contributed by atoms with E-state index in [0.717, 1.165) is 49.0 Å². The normalized spacial score (nSPS) is 12.3. The quantitative estimate of drug-likeness (QED) is 0.0311. The second-order valence-corrected chi connectivity index (χ2v) is 14.2. The van der Waals surface area contributed by atoms with Gasteiger partial charge in [0.15, 0.2) is 0 Å². The highest BCUT2D eigenvalue weighted by Crippen LogP contribution is 2.33. The van der Waals surface area contributed by atoms with Crippen molar-refractivity contribution in [3.63, 3.8) is 0 Å². The highest BCUT2D eigenvalue weighted by molar-refractivity contribution is 6.59. The van der Waals surface area contributed by atoms with Crippen LogP contribution in [0.25, 0.3) is 10.8 Å². The van der Waals surface area contributed by atoms with Crippen LogP contribution < -0.4 is 22.0 Å². The molecule has 0 bridgehead atoms. The molecular formula is C44H55B2N5O6. The minimum absolute atomic E-state index is 0.177. The molecular weight excluding hydrogens is 716 g/mol. The van der Waals surface area contributed by atoms with Crippen LogP contribution in [0.2, 0.25) is 0 Å². The van der Waals surface area contributed by atoms with E-state index in [1.165, 1.54) is 10.5 Å². The molecule has 0 spiro atoms. The van der Waals surface area contributed by atoms with E-state index in [4.69, 9.17) is 5.73 Å². The number of nitrogens with one attached hydrogen (secondary N) is 1. The average molecular weight is 772 g/mol. The minimum atomic E-state index is -1.62. The monoisotopic (exact) mass is 771 g/mol. The largest absolute Gasteiger partial charge is 0.488 e. The summed E-state index contributed by atoms with van der Waals surface area (Å²) in [4.78, 5) is 33.2. The lowest BCUT2D eigenvalue weighted by molar-refractivity contribution is 0.0590. The number of nitrogens with zero attached hydrogens (tertiary/aromatic N) is 3. The molecule has 0 aromatic heterocycles. The van der Waals surface area contributed by atoms with Crippen molar-refractivity contribution in [3.8, 4) is 0 Å². The molecule has 7 N–H and O–H groups in total. The first kappa shape index (κ1) is 43.1. The van der Waals surface area contributed by atoms with Crippen molar-refractivity contribution in [1.29, 1.82) is 0 Å². The number of benzene rings is 5. The molecule has 5 aromatic carbocycles.